The Kier molecular flexibility index (Phi) is 6.18. The molecule has 0 saturated heterocycles. The highest BCUT2D eigenvalue weighted by atomic mass is 79.9. The monoisotopic (exact) mass is 351 g/mol. The van der Waals surface area contributed by atoms with Crippen LogP contribution >= 0.6 is 15.9 Å². The van der Waals surface area contributed by atoms with Gasteiger partial charge in [-0.2, -0.15) is 0 Å². The van der Waals surface area contributed by atoms with Crippen molar-refractivity contribution in [2.24, 2.45) is 0 Å². The molecule has 4 heteroatoms. The first-order chi connectivity index (χ1) is 10.2. The van der Waals surface area contributed by atoms with E-state index in [0.717, 1.165) is 35.0 Å². The SMILES string of the molecule is CCC[C@H](CCOc1ccc(Br)cc1)c1ccncc1F. The molecular formula is C17H19BrFNO. The van der Waals surface area contributed by atoms with E-state index in [1.807, 2.05) is 24.3 Å². The average molecular weight is 352 g/mol. The van der Waals surface area contributed by atoms with Crippen LogP contribution in [0.5, 0.6) is 5.75 Å². The molecule has 0 spiro atoms. The summed E-state index contributed by atoms with van der Waals surface area (Å²) in [7, 11) is 0. The van der Waals surface area contributed by atoms with E-state index in [1.165, 1.54) is 6.20 Å². The van der Waals surface area contributed by atoms with E-state index < -0.39 is 0 Å². The third-order valence-electron chi connectivity index (χ3n) is 3.43. The summed E-state index contributed by atoms with van der Waals surface area (Å²) in [5.41, 5.74) is 0.742. The summed E-state index contributed by atoms with van der Waals surface area (Å²) >= 11 is 3.39. The molecule has 0 aliphatic carbocycles. The lowest BCUT2D eigenvalue weighted by Gasteiger charge is -2.17. The van der Waals surface area contributed by atoms with Gasteiger partial charge in [0.25, 0.3) is 0 Å². The Balaban J connectivity index is 1.94. The van der Waals surface area contributed by atoms with Crippen molar-refractivity contribution < 1.29 is 9.13 Å². The number of aromatic nitrogens is 1. The molecule has 21 heavy (non-hydrogen) atoms. The predicted octanol–water partition coefficient (Wildman–Crippen LogP) is 5.34. The molecule has 0 saturated carbocycles. The van der Waals surface area contributed by atoms with E-state index in [-0.39, 0.29) is 11.7 Å². The highest BCUT2D eigenvalue weighted by molar-refractivity contribution is 9.10. The van der Waals surface area contributed by atoms with Gasteiger partial charge in [0.2, 0.25) is 0 Å². The van der Waals surface area contributed by atoms with E-state index in [0.29, 0.717) is 6.61 Å². The maximum atomic E-state index is 13.8. The van der Waals surface area contributed by atoms with Crippen LogP contribution in [0.1, 0.15) is 37.7 Å². The summed E-state index contributed by atoms with van der Waals surface area (Å²) in [5, 5.41) is 0. The number of ether oxygens (including phenoxy) is 1. The minimum Gasteiger partial charge on any atom is -0.494 e. The zero-order valence-electron chi connectivity index (χ0n) is 12.1. The van der Waals surface area contributed by atoms with Crippen LogP contribution in [-0.4, -0.2) is 11.6 Å². The number of benzene rings is 1. The highest BCUT2D eigenvalue weighted by Crippen LogP contribution is 2.27. The van der Waals surface area contributed by atoms with Gasteiger partial charge in [0.15, 0.2) is 0 Å². The van der Waals surface area contributed by atoms with Gasteiger partial charge < -0.3 is 4.74 Å². The van der Waals surface area contributed by atoms with Crippen molar-refractivity contribution in [1.82, 2.24) is 4.98 Å². The molecule has 112 valence electrons. The van der Waals surface area contributed by atoms with Crippen molar-refractivity contribution in [2.75, 3.05) is 6.61 Å². The van der Waals surface area contributed by atoms with Gasteiger partial charge in [0.1, 0.15) is 11.6 Å². The Hall–Kier alpha value is -1.42. The van der Waals surface area contributed by atoms with Gasteiger partial charge in [-0.05, 0) is 54.7 Å². The van der Waals surface area contributed by atoms with Crippen LogP contribution in [-0.2, 0) is 0 Å². The molecular weight excluding hydrogens is 333 g/mol. The van der Waals surface area contributed by atoms with E-state index in [4.69, 9.17) is 4.74 Å². The number of hydrogen-bond acceptors (Lipinski definition) is 2. The highest BCUT2D eigenvalue weighted by Gasteiger charge is 2.15. The van der Waals surface area contributed by atoms with Crippen molar-refractivity contribution >= 4 is 15.9 Å². The Bertz CT molecular complexity index is 559. The average Bonchev–Trinajstić information content (AvgIpc) is 2.49. The summed E-state index contributed by atoms with van der Waals surface area (Å²) in [6.07, 6.45) is 5.70. The largest absolute Gasteiger partial charge is 0.494 e. The van der Waals surface area contributed by atoms with Crippen LogP contribution in [0.15, 0.2) is 47.2 Å². The molecule has 1 heterocycles. The van der Waals surface area contributed by atoms with Crippen molar-refractivity contribution in [3.05, 3.63) is 58.6 Å². The minimum absolute atomic E-state index is 0.174. The molecule has 0 aliphatic heterocycles. The zero-order valence-corrected chi connectivity index (χ0v) is 13.6. The summed E-state index contributed by atoms with van der Waals surface area (Å²) in [6, 6.07) is 9.51. The number of hydrogen-bond donors (Lipinski definition) is 0. The first kappa shape index (κ1) is 16.0. The lowest BCUT2D eigenvalue weighted by molar-refractivity contribution is 0.292. The first-order valence-corrected chi connectivity index (χ1v) is 7.97. The quantitative estimate of drug-likeness (QED) is 0.671. The van der Waals surface area contributed by atoms with Crippen LogP contribution in [0.4, 0.5) is 4.39 Å². The number of halogens is 2. The minimum atomic E-state index is -0.223. The van der Waals surface area contributed by atoms with Gasteiger partial charge >= 0.3 is 0 Å². The van der Waals surface area contributed by atoms with Crippen molar-refractivity contribution in [3.8, 4) is 5.75 Å². The molecule has 2 rings (SSSR count). The van der Waals surface area contributed by atoms with Crippen LogP contribution in [0.3, 0.4) is 0 Å². The summed E-state index contributed by atoms with van der Waals surface area (Å²) in [6.45, 7) is 2.69. The smallest absolute Gasteiger partial charge is 0.144 e. The Morgan fingerprint density at radius 3 is 2.62 bits per heavy atom. The fourth-order valence-electron chi connectivity index (χ4n) is 2.37. The molecule has 2 aromatic rings. The van der Waals surface area contributed by atoms with Gasteiger partial charge in [-0.25, -0.2) is 4.39 Å². The van der Waals surface area contributed by atoms with E-state index in [1.54, 1.807) is 12.3 Å². The van der Waals surface area contributed by atoms with Gasteiger partial charge in [0, 0.05) is 10.7 Å². The second kappa shape index (κ2) is 8.13. The molecule has 0 bridgehead atoms. The Morgan fingerprint density at radius 2 is 1.95 bits per heavy atom. The normalized spacial score (nSPS) is 12.1. The van der Waals surface area contributed by atoms with Crippen LogP contribution in [0.25, 0.3) is 0 Å². The molecule has 0 N–H and O–H groups in total. The summed E-state index contributed by atoms with van der Waals surface area (Å²) in [4.78, 5) is 3.81. The van der Waals surface area contributed by atoms with Crippen LogP contribution in [0, 0.1) is 5.82 Å². The summed E-state index contributed by atoms with van der Waals surface area (Å²) < 4.78 is 20.6. The van der Waals surface area contributed by atoms with Crippen molar-refractivity contribution in [1.29, 1.82) is 0 Å². The molecule has 1 aromatic heterocycles. The number of nitrogens with zero attached hydrogens (tertiary/aromatic N) is 1. The van der Waals surface area contributed by atoms with Crippen LogP contribution in [0.2, 0.25) is 0 Å². The van der Waals surface area contributed by atoms with Crippen LogP contribution < -0.4 is 4.74 Å². The zero-order chi connectivity index (χ0) is 15.1. The fraction of sp³-hybridized carbons (Fsp3) is 0.353. The fourth-order valence-corrected chi connectivity index (χ4v) is 2.64. The van der Waals surface area contributed by atoms with E-state index in [9.17, 15) is 4.39 Å². The third kappa shape index (κ3) is 4.81. The molecule has 0 amide bonds. The molecule has 0 fully saturated rings. The standard InChI is InChI=1S/C17H19BrFNO/c1-2-3-13(16-8-10-20-12-17(16)19)9-11-21-15-6-4-14(18)5-7-15/h4-8,10,12-13H,2-3,9,11H2,1H3/t13-/m1/s1. The van der Waals surface area contributed by atoms with Crippen molar-refractivity contribution in [3.63, 3.8) is 0 Å². The molecule has 0 unspecified atom stereocenters. The Morgan fingerprint density at radius 1 is 1.19 bits per heavy atom. The maximum absolute atomic E-state index is 13.8. The van der Waals surface area contributed by atoms with Gasteiger partial charge in [-0.15, -0.1) is 0 Å². The molecule has 0 radical (unpaired) electrons. The summed E-state index contributed by atoms with van der Waals surface area (Å²) in [5.74, 6) is 0.789. The van der Waals surface area contributed by atoms with Gasteiger partial charge in [-0.3, -0.25) is 4.98 Å². The second-order valence-electron chi connectivity index (χ2n) is 4.97. The second-order valence-corrected chi connectivity index (χ2v) is 5.89. The molecule has 0 aliphatic rings. The van der Waals surface area contributed by atoms with Crippen molar-refractivity contribution in [2.45, 2.75) is 32.1 Å². The third-order valence-corrected chi connectivity index (χ3v) is 3.96. The Labute approximate surface area is 133 Å². The molecule has 2 nitrogen and oxygen atoms in total. The van der Waals surface area contributed by atoms with Gasteiger partial charge in [-0.1, -0.05) is 29.3 Å². The lowest BCUT2D eigenvalue weighted by Crippen LogP contribution is -2.08. The molecule has 1 atom stereocenters. The number of rotatable bonds is 7. The van der Waals surface area contributed by atoms with Gasteiger partial charge in [0.05, 0.1) is 12.8 Å². The lowest BCUT2D eigenvalue weighted by atomic mass is 9.92. The topological polar surface area (TPSA) is 22.1 Å². The first-order valence-electron chi connectivity index (χ1n) is 7.18. The van der Waals surface area contributed by atoms with E-state index >= 15 is 0 Å². The van der Waals surface area contributed by atoms with E-state index in [2.05, 4.69) is 27.8 Å². The maximum Gasteiger partial charge on any atom is 0.144 e. The molecule has 1 aromatic carbocycles. The predicted molar refractivity (Wildman–Crippen MR) is 86.1 cm³/mol. The number of pyridine rings is 1.